The van der Waals surface area contributed by atoms with Gasteiger partial charge in [-0.3, -0.25) is 9.69 Å². The zero-order valence-corrected chi connectivity index (χ0v) is 14.4. The molecule has 9 heteroatoms. The van der Waals surface area contributed by atoms with Gasteiger partial charge in [0, 0.05) is 12.3 Å². The van der Waals surface area contributed by atoms with Crippen LogP contribution in [0.3, 0.4) is 0 Å². The third kappa shape index (κ3) is 3.49. The average Bonchev–Trinajstić information content (AvgIpc) is 3.25. The summed E-state index contributed by atoms with van der Waals surface area (Å²) in [6, 6.07) is 9.14. The normalized spacial score (nSPS) is 10.3. The molecule has 2 aromatic heterocycles. The first-order valence-electron chi connectivity index (χ1n) is 7.30. The fraction of sp³-hybridized carbons (Fsp3) is 0.188. The van der Waals surface area contributed by atoms with E-state index in [1.807, 2.05) is 23.6 Å². The predicted molar refractivity (Wildman–Crippen MR) is 91.8 cm³/mol. The summed E-state index contributed by atoms with van der Waals surface area (Å²) in [7, 11) is 1.56. The molecule has 25 heavy (non-hydrogen) atoms. The molecule has 0 saturated carbocycles. The Labute approximate surface area is 147 Å². The van der Waals surface area contributed by atoms with Gasteiger partial charge in [0.05, 0.1) is 25.0 Å². The molecule has 0 aliphatic carbocycles. The summed E-state index contributed by atoms with van der Waals surface area (Å²) < 4.78 is 6.87. The Bertz CT molecular complexity index is 942. The lowest BCUT2D eigenvalue weighted by molar-refractivity contribution is -0.115. The Kier molecular flexibility index (Phi) is 4.72. The topological polar surface area (TPSA) is 96.9 Å². The van der Waals surface area contributed by atoms with Gasteiger partial charge < -0.3 is 4.74 Å². The summed E-state index contributed by atoms with van der Waals surface area (Å²) in [5.74, 6) is 0.525. The van der Waals surface area contributed by atoms with Gasteiger partial charge in [-0.05, 0) is 12.1 Å². The van der Waals surface area contributed by atoms with Crippen LogP contribution in [0.5, 0.6) is 5.75 Å². The van der Waals surface area contributed by atoms with Crippen molar-refractivity contribution in [2.45, 2.75) is 13.5 Å². The quantitative estimate of drug-likeness (QED) is 0.698. The molecular formula is C16H14N6O2S. The van der Waals surface area contributed by atoms with E-state index < -0.39 is 0 Å². The van der Waals surface area contributed by atoms with Gasteiger partial charge in [0.25, 0.3) is 5.82 Å². The maximum Gasteiger partial charge on any atom is 0.252 e. The summed E-state index contributed by atoms with van der Waals surface area (Å²) in [6.07, 6.45) is 1.47. The Morgan fingerprint density at radius 2 is 2.24 bits per heavy atom. The zero-order chi connectivity index (χ0) is 17.8. The molecule has 2 heterocycles. The van der Waals surface area contributed by atoms with Gasteiger partial charge in [0.2, 0.25) is 5.91 Å². The molecule has 0 saturated heterocycles. The Morgan fingerprint density at radius 1 is 1.44 bits per heavy atom. The van der Waals surface area contributed by atoms with Crippen LogP contribution >= 0.6 is 11.3 Å². The summed E-state index contributed by atoms with van der Waals surface area (Å²) in [4.78, 5) is 22.1. The molecule has 1 amide bonds. The van der Waals surface area contributed by atoms with Crippen molar-refractivity contribution >= 4 is 28.1 Å². The Balaban J connectivity index is 1.90. The van der Waals surface area contributed by atoms with E-state index in [0.717, 1.165) is 5.69 Å². The third-order valence-corrected chi connectivity index (χ3v) is 4.21. The molecule has 3 rings (SSSR count). The van der Waals surface area contributed by atoms with E-state index in [-0.39, 0.29) is 11.7 Å². The zero-order valence-electron chi connectivity index (χ0n) is 13.6. The van der Waals surface area contributed by atoms with Crippen LogP contribution < -0.4 is 9.64 Å². The fourth-order valence-electron chi connectivity index (χ4n) is 2.28. The highest BCUT2D eigenvalue weighted by Crippen LogP contribution is 2.35. The first-order chi connectivity index (χ1) is 12.1. The summed E-state index contributed by atoms with van der Waals surface area (Å²) in [5, 5.41) is 15.2. The van der Waals surface area contributed by atoms with E-state index >= 15 is 0 Å². The molecule has 0 atom stereocenters. The van der Waals surface area contributed by atoms with Crippen LogP contribution in [-0.2, 0) is 11.3 Å². The van der Waals surface area contributed by atoms with Crippen LogP contribution in [0.2, 0.25) is 0 Å². The number of nitrogens with zero attached hydrogens (tertiary/aromatic N) is 6. The van der Waals surface area contributed by atoms with Gasteiger partial charge in [-0.2, -0.15) is 5.26 Å². The van der Waals surface area contributed by atoms with Crippen LogP contribution in [0.4, 0.5) is 10.8 Å². The molecule has 126 valence electrons. The van der Waals surface area contributed by atoms with E-state index in [0.29, 0.717) is 23.1 Å². The van der Waals surface area contributed by atoms with Gasteiger partial charge in [-0.15, -0.1) is 16.4 Å². The van der Waals surface area contributed by atoms with Gasteiger partial charge in [0.15, 0.2) is 5.13 Å². The number of thiazole rings is 1. The molecule has 0 radical (unpaired) electrons. The number of anilines is 2. The second-order valence-corrected chi connectivity index (χ2v) is 5.86. The monoisotopic (exact) mass is 354 g/mol. The number of carbonyl (C=O) groups excluding carboxylic acids is 1. The largest absolute Gasteiger partial charge is 0.495 e. The smallest absolute Gasteiger partial charge is 0.252 e. The maximum absolute atomic E-state index is 12.2. The van der Waals surface area contributed by atoms with Gasteiger partial charge in [-0.1, -0.05) is 12.1 Å². The van der Waals surface area contributed by atoms with Crippen LogP contribution in [0.25, 0.3) is 0 Å². The second-order valence-electron chi connectivity index (χ2n) is 5.03. The molecule has 0 aliphatic rings. The van der Waals surface area contributed by atoms with Crippen molar-refractivity contribution < 1.29 is 9.53 Å². The average molecular weight is 354 g/mol. The minimum atomic E-state index is -0.169. The first-order valence-corrected chi connectivity index (χ1v) is 8.18. The standard InChI is InChI=1S/C16H14N6O2S/c1-11(23)22(13-5-3-4-6-14(13)24-2)16-19-12(9-25-16)8-21-10-18-15(7-17)20-21/h3-6,9-10H,8H2,1-2H3. The number of rotatable bonds is 5. The molecule has 0 spiro atoms. The van der Waals surface area contributed by atoms with Crippen molar-refractivity contribution in [2.24, 2.45) is 0 Å². The number of aromatic nitrogens is 4. The molecule has 8 nitrogen and oxygen atoms in total. The lowest BCUT2D eigenvalue weighted by Gasteiger charge is -2.20. The molecule has 3 aromatic rings. The summed E-state index contributed by atoms with van der Waals surface area (Å²) in [5.41, 5.74) is 1.35. The maximum atomic E-state index is 12.2. The molecule has 0 fully saturated rings. The number of hydrogen-bond acceptors (Lipinski definition) is 7. The number of benzene rings is 1. The lowest BCUT2D eigenvalue weighted by atomic mass is 10.2. The van der Waals surface area contributed by atoms with Crippen molar-refractivity contribution in [2.75, 3.05) is 12.0 Å². The van der Waals surface area contributed by atoms with Crippen molar-refractivity contribution in [3.8, 4) is 11.8 Å². The molecule has 0 bridgehead atoms. The Hall–Kier alpha value is -3.25. The highest BCUT2D eigenvalue weighted by atomic mass is 32.1. The summed E-state index contributed by atoms with van der Waals surface area (Å²) in [6.45, 7) is 1.84. The molecule has 1 aromatic carbocycles. The van der Waals surface area contributed by atoms with Crippen LogP contribution in [0.15, 0.2) is 36.0 Å². The van der Waals surface area contributed by atoms with E-state index in [4.69, 9.17) is 10.00 Å². The number of nitriles is 1. The highest BCUT2D eigenvalue weighted by Gasteiger charge is 2.21. The van der Waals surface area contributed by atoms with E-state index in [1.165, 1.54) is 34.2 Å². The molecule has 0 N–H and O–H groups in total. The third-order valence-electron chi connectivity index (χ3n) is 3.33. The molecular weight excluding hydrogens is 340 g/mol. The first kappa shape index (κ1) is 16.6. The Morgan fingerprint density at radius 3 is 2.92 bits per heavy atom. The summed E-state index contributed by atoms with van der Waals surface area (Å²) >= 11 is 1.34. The van der Waals surface area contributed by atoms with Crippen LogP contribution in [-0.4, -0.2) is 32.8 Å². The van der Waals surface area contributed by atoms with Crippen LogP contribution in [0.1, 0.15) is 18.4 Å². The van der Waals surface area contributed by atoms with Gasteiger partial charge in [-0.25, -0.2) is 14.6 Å². The second kappa shape index (κ2) is 7.11. The van der Waals surface area contributed by atoms with Crippen molar-refractivity contribution in [1.82, 2.24) is 19.7 Å². The molecule has 0 aliphatic heterocycles. The van der Waals surface area contributed by atoms with Crippen molar-refractivity contribution in [3.05, 3.63) is 47.5 Å². The molecule has 0 unspecified atom stereocenters. The van der Waals surface area contributed by atoms with E-state index in [9.17, 15) is 4.79 Å². The number of para-hydroxylation sites is 2. The number of amides is 1. The minimum Gasteiger partial charge on any atom is -0.495 e. The minimum absolute atomic E-state index is 0.106. The number of methoxy groups -OCH3 is 1. The van der Waals surface area contributed by atoms with Crippen LogP contribution in [0, 0.1) is 11.3 Å². The van der Waals surface area contributed by atoms with Gasteiger partial charge in [0.1, 0.15) is 18.1 Å². The lowest BCUT2D eigenvalue weighted by Crippen LogP contribution is -2.23. The van der Waals surface area contributed by atoms with Gasteiger partial charge >= 0.3 is 0 Å². The fourth-order valence-corrected chi connectivity index (χ4v) is 3.15. The van der Waals surface area contributed by atoms with Crippen molar-refractivity contribution in [1.29, 1.82) is 5.26 Å². The number of ether oxygens (including phenoxy) is 1. The van der Waals surface area contributed by atoms with E-state index in [1.54, 1.807) is 19.2 Å². The van der Waals surface area contributed by atoms with Crippen molar-refractivity contribution in [3.63, 3.8) is 0 Å². The SMILES string of the molecule is COc1ccccc1N(C(C)=O)c1nc(Cn2cnc(C#N)n2)cs1. The number of carbonyl (C=O) groups is 1. The highest BCUT2D eigenvalue weighted by molar-refractivity contribution is 7.14. The van der Waals surface area contributed by atoms with E-state index in [2.05, 4.69) is 15.1 Å². The number of hydrogen-bond donors (Lipinski definition) is 0. The predicted octanol–water partition coefficient (Wildman–Crippen LogP) is 2.35.